The molecule has 124 valence electrons. The normalized spacial score (nSPS) is 18.6. The molecule has 0 unspecified atom stereocenters. The Kier molecular flexibility index (Phi) is 6.58. The summed E-state index contributed by atoms with van der Waals surface area (Å²) in [7, 11) is 0. The summed E-state index contributed by atoms with van der Waals surface area (Å²) in [5.74, 6) is 1.47. The first-order chi connectivity index (χ1) is 10.5. The van der Waals surface area contributed by atoms with Crippen molar-refractivity contribution in [2.24, 2.45) is 11.8 Å². The van der Waals surface area contributed by atoms with Gasteiger partial charge in [0, 0.05) is 25.2 Å². The molecule has 1 heterocycles. The number of alkyl halides is 2. The van der Waals surface area contributed by atoms with Gasteiger partial charge in [0.15, 0.2) is 0 Å². The molecular weight excluding hydrogens is 286 g/mol. The highest BCUT2D eigenvalue weighted by atomic mass is 19.3. The van der Waals surface area contributed by atoms with Crippen LogP contribution in [0, 0.1) is 11.8 Å². The molecule has 1 saturated heterocycles. The van der Waals surface area contributed by atoms with Crippen molar-refractivity contribution in [2.75, 3.05) is 26.2 Å². The average molecular weight is 312 g/mol. The average Bonchev–Trinajstić information content (AvgIpc) is 2.92. The van der Waals surface area contributed by atoms with Crippen LogP contribution in [0.2, 0.25) is 0 Å². The van der Waals surface area contributed by atoms with E-state index in [1.807, 2.05) is 12.1 Å². The number of hydrogen-bond acceptors (Lipinski definition) is 3. The Morgan fingerprint density at radius 2 is 2.09 bits per heavy atom. The standard InChI is InChI=1S/C17H26F2N2O/c1-13(2)10-21(11-14-7-8-20-9-14)12-15-5-3-4-6-16(15)22-17(18)19/h3-6,13-14,17,20H,7-12H2,1-2H3/t14-/m1/s1. The van der Waals surface area contributed by atoms with E-state index in [0.29, 0.717) is 18.4 Å². The quantitative estimate of drug-likeness (QED) is 0.796. The van der Waals surface area contributed by atoms with Crippen LogP contribution in [0.5, 0.6) is 5.75 Å². The maximum absolute atomic E-state index is 12.5. The fourth-order valence-electron chi connectivity index (χ4n) is 3.04. The van der Waals surface area contributed by atoms with Crippen LogP contribution in [-0.2, 0) is 6.54 Å². The monoisotopic (exact) mass is 312 g/mol. The molecule has 0 aromatic heterocycles. The first-order valence-electron chi connectivity index (χ1n) is 8.00. The lowest BCUT2D eigenvalue weighted by Crippen LogP contribution is -2.33. The lowest BCUT2D eigenvalue weighted by atomic mass is 10.1. The third-order valence-corrected chi connectivity index (χ3v) is 3.88. The maximum atomic E-state index is 12.5. The summed E-state index contributed by atoms with van der Waals surface area (Å²) < 4.78 is 29.7. The van der Waals surface area contributed by atoms with E-state index in [0.717, 1.165) is 31.7 Å². The van der Waals surface area contributed by atoms with Gasteiger partial charge < -0.3 is 10.1 Å². The highest BCUT2D eigenvalue weighted by molar-refractivity contribution is 5.33. The van der Waals surface area contributed by atoms with Crippen molar-refractivity contribution < 1.29 is 13.5 Å². The van der Waals surface area contributed by atoms with Crippen molar-refractivity contribution in [1.29, 1.82) is 0 Å². The molecule has 0 bridgehead atoms. The van der Waals surface area contributed by atoms with E-state index < -0.39 is 6.61 Å². The molecule has 22 heavy (non-hydrogen) atoms. The van der Waals surface area contributed by atoms with Crippen LogP contribution in [0.3, 0.4) is 0 Å². The maximum Gasteiger partial charge on any atom is 0.387 e. The van der Waals surface area contributed by atoms with Crippen molar-refractivity contribution >= 4 is 0 Å². The first-order valence-corrected chi connectivity index (χ1v) is 8.00. The van der Waals surface area contributed by atoms with Crippen LogP contribution in [0.4, 0.5) is 8.78 Å². The third kappa shape index (κ3) is 5.54. The number of nitrogens with one attached hydrogen (secondary N) is 1. The first kappa shape index (κ1) is 17.2. The minimum atomic E-state index is -2.78. The fourth-order valence-corrected chi connectivity index (χ4v) is 3.04. The number of hydrogen-bond donors (Lipinski definition) is 1. The van der Waals surface area contributed by atoms with Gasteiger partial charge >= 0.3 is 6.61 Å². The highest BCUT2D eigenvalue weighted by Gasteiger charge is 2.20. The van der Waals surface area contributed by atoms with Gasteiger partial charge in [-0.1, -0.05) is 32.0 Å². The Bertz CT molecular complexity index is 448. The molecule has 0 radical (unpaired) electrons. The van der Waals surface area contributed by atoms with Gasteiger partial charge in [0.2, 0.25) is 0 Å². The SMILES string of the molecule is CC(C)CN(Cc1ccccc1OC(F)F)C[C@@H]1CCNC1. The minimum absolute atomic E-state index is 0.288. The highest BCUT2D eigenvalue weighted by Crippen LogP contribution is 2.23. The van der Waals surface area contributed by atoms with Gasteiger partial charge in [0.25, 0.3) is 0 Å². The molecule has 0 saturated carbocycles. The van der Waals surface area contributed by atoms with Crippen LogP contribution >= 0.6 is 0 Å². The van der Waals surface area contributed by atoms with Gasteiger partial charge in [-0.3, -0.25) is 4.90 Å². The van der Waals surface area contributed by atoms with Crippen LogP contribution < -0.4 is 10.1 Å². The van der Waals surface area contributed by atoms with Gasteiger partial charge in [-0.2, -0.15) is 8.78 Å². The molecule has 1 aromatic carbocycles. The summed E-state index contributed by atoms with van der Waals surface area (Å²) in [4.78, 5) is 2.36. The molecule has 3 nitrogen and oxygen atoms in total. The van der Waals surface area contributed by atoms with E-state index in [-0.39, 0.29) is 5.75 Å². The second-order valence-electron chi connectivity index (χ2n) is 6.43. The largest absolute Gasteiger partial charge is 0.434 e. The van der Waals surface area contributed by atoms with Gasteiger partial charge in [-0.15, -0.1) is 0 Å². The smallest absolute Gasteiger partial charge is 0.387 e. The molecule has 1 aliphatic rings. The molecular formula is C17H26F2N2O. The zero-order valence-corrected chi connectivity index (χ0v) is 13.4. The van der Waals surface area contributed by atoms with E-state index in [1.165, 1.54) is 6.42 Å². The van der Waals surface area contributed by atoms with Crippen molar-refractivity contribution in [3.63, 3.8) is 0 Å². The van der Waals surface area contributed by atoms with Crippen LogP contribution in [0.1, 0.15) is 25.8 Å². The lowest BCUT2D eigenvalue weighted by Gasteiger charge is -2.27. The molecule has 1 aromatic rings. The Labute approximate surface area is 131 Å². The number of benzene rings is 1. The van der Waals surface area contributed by atoms with Crippen molar-refractivity contribution in [3.8, 4) is 5.75 Å². The Morgan fingerprint density at radius 3 is 2.73 bits per heavy atom. The van der Waals surface area contributed by atoms with Crippen molar-refractivity contribution in [1.82, 2.24) is 10.2 Å². The van der Waals surface area contributed by atoms with Crippen molar-refractivity contribution in [2.45, 2.75) is 33.4 Å². The predicted octanol–water partition coefficient (Wildman–Crippen LogP) is 3.36. The lowest BCUT2D eigenvalue weighted by molar-refractivity contribution is -0.0508. The molecule has 1 fully saturated rings. The van der Waals surface area contributed by atoms with Crippen LogP contribution in [0.25, 0.3) is 0 Å². The van der Waals surface area contributed by atoms with E-state index in [1.54, 1.807) is 12.1 Å². The number of halogens is 2. The second-order valence-corrected chi connectivity index (χ2v) is 6.43. The summed E-state index contributed by atoms with van der Waals surface area (Å²) in [5, 5.41) is 3.38. The fraction of sp³-hybridized carbons (Fsp3) is 0.647. The van der Waals surface area contributed by atoms with Gasteiger partial charge in [0.1, 0.15) is 5.75 Å². The van der Waals surface area contributed by atoms with Gasteiger partial charge in [0.05, 0.1) is 0 Å². The number of rotatable bonds is 8. The third-order valence-electron chi connectivity index (χ3n) is 3.88. The molecule has 0 aliphatic carbocycles. The number of ether oxygens (including phenoxy) is 1. The van der Waals surface area contributed by atoms with Crippen LogP contribution in [0.15, 0.2) is 24.3 Å². The Morgan fingerprint density at radius 1 is 1.32 bits per heavy atom. The van der Waals surface area contributed by atoms with Crippen LogP contribution in [-0.4, -0.2) is 37.7 Å². The van der Waals surface area contributed by atoms with Gasteiger partial charge in [-0.25, -0.2) is 0 Å². The van der Waals surface area contributed by atoms with E-state index in [4.69, 9.17) is 0 Å². The predicted molar refractivity (Wildman–Crippen MR) is 84.2 cm³/mol. The summed E-state index contributed by atoms with van der Waals surface area (Å²) in [6.45, 7) is 6.31. The molecule has 0 amide bonds. The van der Waals surface area contributed by atoms with Crippen molar-refractivity contribution in [3.05, 3.63) is 29.8 Å². The Hall–Kier alpha value is -1.20. The molecule has 1 aliphatic heterocycles. The summed E-state index contributed by atoms with van der Waals surface area (Å²) in [6.07, 6.45) is 1.18. The zero-order chi connectivity index (χ0) is 15.9. The van der Waals surface area contributed by atoms with E-state index in [2.05, 4.69) is 28.8 Å². The summed E-state index contributed by atoms with van der Waals surface area (Å²) in [6, 6.07) is 7.09. The molecule has 5 heteroatoms. The topological polar surface area (TPSA) is 24.5 Å². The number of nitrogens with zero attached hydrogens (tertiary/aromatic N) is 1. The molecule has 1 N–H and O–H groups in total. The molecule has 0 spiro atoms. The number of para-hydroxylation sites is 1. The minimum Gasteiger partial charge on any atom is -0.434 e. The van der Waals surface area contributed by atoms with Gasteiger partial charge in [-0.05, 0) is 37.4 Å². The second kappa shape index (κ2) is 8.44. The Balaban J connectivity index is 2.05. The molecule has 2 rings (SSSR count). The summed E-state index contributed by atoms with van der Waals surface area (Å²) in [5.41, 5.74) is 0.828. The van der Waals surface area contributed by atoms with E-state index in [9.17, 15) is 8.78 Å². The van der Waals surface area contributed by atoms with E-state index >= 15 is 0 Å². The summed E-state index contributed by atoms with van der Waals surface area (Å²) >= 11 is 0. The molecule has 1 atom stereocenters. The zero-order valence-electron chi connectivity index (χ0n) is 13.4.